The number of benzene rings is 3. The summed E-state index contributed by atoms with van der Waals surface area (Å²) in [5.41, 5.74) is 4.28. The smallest absolute Gasteiger partial charge is 0.131 e. The van der Waals surface area contributed by atoms with Crippen LogP contribution in [0.2, 0.25) is 0 Å². The first-order valence-corrected chi connectivity index (χ1v) is 7.18. The highest BCUT2D eigenvalue weighted by atomic mass is 19.1. The van der Waals surface area contributed by atoms with Crippen molar-refractivity contribution in [2.75, 3.05) is 0 Å². The van der Waals surface area contributed by atoms with Gasteiger partial charge in [0.15, 0.2) is 0 Å². The minimum Gasteiger partial charge on any atom is -0.206 e. The highest BCUT2D eigenvalue weighted by Crippen LogP contribution is 2.30. The summed E-state index contributed by atoms with van der Waals surface area (Å²) in [6, 6.07) is 17.6. The van der Waals surface area contributed by atoms with Gasteiger partial charge < -0.3 is 0 Å². The molecule has 0 radical (unpaired) electrons. The minimum absolute atomic E-state index is 0.286. The standard InChI is InChI=1S/C20H16F2/c1-13-3-6-15(7-4-13)16-8-10-18(20(22)12-16)17-9-5-14(2)11-19(17)21/h3-12H,1-2H3. The van der Waals surface area contributed by atoms with E-state index in [1.807, 2.05) is 44.2 Å². The van der Waals surface area contributed by atoms with Crippen molar-refractivity contribution in [3.63, 3.8) is 0 Å². The lowest BCUT2D eigenvalue weighted by Crippen LogP contribution is -1.90. The maximum atomic E-state index is 14.4. The summed E-state index contributed by atoms with van der Waals surface area (Å²) in [6.07, 6.45) is 0. The Morgan fingerprint density at radius 3 is 1.64 bits per heavy atom. The van der Waals surface area contributed by atoms with Crippen LogP contribution >= 0.6 is 0 Å². The zero-order valence-corrected chi connectivity index (χ0v) is 12.5. The molecule has 0 N–H and O–H groups in total. The summed E-state index contributed by atoms with van der Waals surface area (Å²) in [5.74, 6) is -0.817. The SMILES string of the molecule is Cc1ccc(-c2ccc(-c3ccc(C)cc3F)c(F)c2)cc1. The van der Waals surface area contributed by atoms with E-state index in [-0.39, 0.29) is 5.56 Å². The predicted molar refractivity (Wildman–Crippen MR) is 86.7 cm³/mol. The molecule has 110 valence electrons. The van der Waals surface area contributed by atoms with Crippen LogP contribution in [0.5, 0.6) is 0 Å². The van der Waals surface area contributed by atoms with Crippen molar-refractivity contribution in [3.05, 3.63) is 83.4 Å². The Kier molecular flexibility index (Phi) is 3.76. The Balaban J connectivity index is 2.04. The van der Waals surface area contributed by atoms with Crippen LogP contribution in [-0.4, -0.2) is 0 Å². The van der Waals surface area contributed by atoms with Gasteiger partial charge in [-0.05, 0) is 42.7 Å². The van der Waals surface area contributed by atoms with Gasteiger partial charge in [-0.2, -0.15) is 0 Å². The molecule has 0 saturated carbocycles. The van der Waals surface area contributed by atoms with Gasteiger partial charge in [-0.1, -0.05) is 54.1 Å². The van der Waals surface area contributed by atoms with Crippen molar-refractivity contribution >= 4 is 0 Å². The van der Waals surface area contributed by atoms with E-state index in [2.05, 4.69) is 0 Å². The Morgan fingerprint density at radius 2 is 1.05 bits per heavy atom. The largest absolute Gasteiger partial charge is 0.206 e. The van der Waals surface area contributed by atoms with Crippen molar-refractivity contribution in [3.8, 4) is 22.3 Å². The van der Waals surface area contributed by atoms with Crippen LogP contribution in [0, 0.1) is 25.5 Å². The molecular formula is C20H16F2. The molecule has 0 bridgehead atoms. The minimum atomic E-state index is -0.416. The van der Waals surface area contributed by atoms with Crippen LogP contribution in [0.25, 0.3) is 22.3 Å². The Hall–Kier alpha value is -2.48. The Morgan fingerprint density at radius 1 is 0.545 bits per heavy atom. The van der Waals surface area contributed by atoms with Gasteiger partial charge in [-0.3, -0.25) is 0 Å². The van der Waals surface area contributed by atoms with Gasteiger partial charge >= 0.3 is 0 Å². The number of hydrogen-bond acceptors (Lipinski definition) is 0. The number of halogens is 2. The summed E-state index contributed by atoms with van der Waals surface area (Å²) >= 11 is 0. The van der Waals surface area contributed by atoms with E-state index in [0.29, 0.717) is 5.56 Å². The van der Waals surface area contributed by atoms with E-state index in [4.69, 9.17) is 0 Å². The lowest BCUT2D eigenvalue weighted by atomic mass is 9.98. The zero-order valence-electron chi connectivity index (χ0n) is 12.5. The highest BCUT2D eigenvalue weighted by molar-refractivity contribution is 5.71. The second kappa shape index (κ2) is 5.72. The van der Waals surface area contributed by atoms with Crippen LogP contribution in [0.3, 0.4) is 0 Å². The molecule has 0 unspecified atom stereocenters. The summed E-state index contributed by atoms with van der Waals surface area (Å²) in [6.45, 7) is 3.82. The molecule has 22 heavy (non-hydrogen) atoms. The maximum Gasteiger partial charge on any atom is 0.131 e. The van der Waals surface area contributed by atoms with Gasteiger partial charge in [0.05, 0.1) is 0 Å². The average molecular weight is 294 g/mol. The number of rotatable bonds is 2. The molecule has 3 aromatic rings. The first-order chi connectivity index (χ1) is 10.5. The van der Waals surface area contributed by atoms with E-state index < -0.39 is 11.6 Å². The first-order valence-electron chi connectivity index (χ1n) is 7.18. The second-order valence-corrected chi connectivity index (χ2v) is 5.54. The fourth-order valence-electron chi connectivity index (χ4n) is 2.50. The molecule has 0 spiro atoms. The molecule has 0 nitrogen and oxygen atoms in total. The van der Waals surface area contributed by atoms with E-state index in [1.54, 1.807) is 18.2 Å². The normalized spacial score (nSPS) is 10.7. The van der Waals surface area contributed by atoms with Gasteiger partial charge in [0.25, 0.3) is 0 Å². The Bertz CT molecular complexity index is 818. The molecule has 0 fully saturated rings. The topological polar surface area (TPSA) is 0 Å². The van der Waals surface area contributed by atoms with Crippen molar-refractivity contribution in [2.45, 2.75) is 13.8 Å². The monoisotopic (exact) mass is 294 g/mol. The van der Waals surface area contributed by atoms with Crippen LogP contribution in [0.4, 0.5) is 8.78 Å². The van der Waals surface area contributed by atoms with Gasteiger partial charge in [0.1, 0.15) is 11.6 Å². The molecule has 0 aromatic heterocycles. The molecular weight excluding hydrogens is 278 g/mol. The van der Waals surface area contributed by atoms with Gasteiger partial charge in [0.2, 0.25) is 0 Å². The molecule has 0 aliphatic heterocycles. The molecule has 0 heterocycles. The van der Waals surface area contributed by atoms with Crippen LogP contribution in [-0.2, 0) is 0 Å². The zero-order chi connectivity index (χ0) is 15.7. The van der Waals surface area contributed by atoms with Gasteiger partial charge in [-0.15, -0.1) is 0 Å². The molecule has 3 rings (SSSR count). The van der Waals surface area contributed by atoms with E-state index in [1.165, 1.54) is 12.1 Å². The van der Waals surface area contributed by atoms with Crippen molar-refractivity contribution in [2.24, 2.45) is 0 Å². The highest BCUT2D eigenvalue weighted by Gasteiger charge is 2.11. The first kappa shape index (κ1) is 14.5. The van der Waals surface area contributed by atoms with E-state index >= 15 is 0 Å². The molecule has 0 amide bonds. The molecule has 3 aromatic carbocycles. The number of aryl methyl sites for hydroxylation is 2. The van der Waals surface area contributed by atoms with Crippen molar-refractivity contribution in [1.29, 1.82) is 0 Å². The van der Waals surface area contributed by atoms with Crippen LogP contribution in [0.15, 0.2) is 60.7 Å². The summed E-state index contributed by atoms with van der Waals surface area (Å²) in [4.78, 5) is 0. The average Bonchev–Trinajstić information content (AvgIpc) is 2.49. The molecule has 0 saturated heterocycles. The third kappa shape index (κ3) is 2.77. The second-order valence-electron chi connectivity index (χ2n) is 5.54. The lowest BCUT2D eigenvalue weighted by molar-refractivity contribution is 0.616. The molecule has 0 aliphatic rings. The third-order valence-electron chi connectivity index (χ3n) is 3.77. The molecule has 0 atom stereocenters. The molecule has 2 heteroatoms. The van der Waals surface area contributed by atoms with E-state index in [0.717, 1.165) is 22.3 Å². The number of hydrogen-bond donors (Lipinski definition) is 0. The van der Waals surface area contributed by atoms with Gasteiger partial charge in [-0.25, -0.2) is 8.78 Å². The fraction of sp³-hybridized carbons (Fsp3) is 0.100. The summed E-state index contributed by atoms with van der Waals surface area (Å²) < 4.78 is 28.4. The quantitative estimate of drug-likeness (QED) is 0.550. The lowest BCUT2D eigenvalue weighted by Gasteiger charge is -2.09. The summed E-state index contributed by atoms with van der Waals surface area (Å²) in [7, 11) is 0. The van der Waals surface area contributed by atoms with Crippen LogP contribution in [0.1, 0.15) is 11.1 Å². The third-order valence-corrected chi connectivity index (χ3v) is 3.77. The predicted octanol–water partition coefficient (Wildman–Crippen LogP) is 5.92. The van der Waals surface area contributed by atoms with Crippen LogP contribution < -0.4 is 0 Å². The molecule has 0 aliphatic carbocycles. The van der Waals surface area contributed by atoms with Crippen molar-refractivity contribution < 1.29 is 8.78 Å². The Labute approximate surface area is 129 Å². The van der Waals surface area contributed by atoms with Crippen molar-refractivity contribution in [1.82, 2.24) is 0 Å². The maximum absolute atomic E-state index is 14.4. The fourth-order valence-corrected chi connectivity index (χ4v) is 2.50. The van der Waals surface area contributed by atoms with E-state index in [9.17, 15) is 8.78 Å². The summed E-state index contributed by atoms with van der Waals surface area (Å²) in [5, 5.41) is 0. The van der Waals surface area contributed by atoms with Gasteiger partial charge in [0, 0.05) is 11.1 Å².